The maximum Gasteiger partial charge on any atom is 0.341 e. The number of pyridine rings is 1. The van der Waals surface area contributed by atoms with Crippen molar-refractivity contribution in [3.05, 3.63) is 34.2 Å². The lowest BCUT2D eigenvalue weighted by molar-refractivity contribution is 0.0694. The summed E-state index contributed by atoms with van der Waals surface area (Å²) in [5.74, 6) is -1.32. The third-order valence-electron chi connectivity index (χ3n) is 2.16. The Balaban J connectivity index is 2.83. The number of rotatable bonds is 5. The second kappa shape index (κ2) is 5.13. The molecular formula is C10H13NO5S. The predicted octanol–water partition coefficient (Wildman–Crippen LogP) is -0.0188. The molecule has 0 aromatic carbocycles. The molecule has 1 N–H and O–H groups in total. The van der Waals surface area contributed by atoms with Crippen LogP contribution in [0.1, 0.15) is 16.8 Å². The van der Waals surface area contributed by atoms with Crippen LogP contribution in [0, 0.1) is 0 Å². The molecule has 1 rings (SSSR count). The van der Waals surface area contributed by atoms with Gasteiger partial charge in [-0.25, -0.2) is 13.2 Å². The van der Waals surface area contributed by atoms with E-state index in [0.29, 0.717) is 0 Å². The van der Waals surface area contributed by atoms with Crippen molar-refractivity contribution in [3.63, 3.8) is 0 Å². The molecule has 1 aromatic heterocycles. The molecule has 94 valence electrons. The maximum absolute atomic E-state index is 11.6. The van der Waals surface area contributed by atoms with Crippen molar-refractivity contribution in [1.29, 1.82) is 0 Å². The first-order valence-electron chi connectivity index (χ1n) is 4.92. The SMILES string of the molecule is CS(=O)(=O)CCCn1cccc(C(=O)O)c1=O. The van der Waals surface area contributed by atoms with Crippen LogP contribution < -0.4 is 5.56 Å². The van der Waals surface area contributed by atoms with Gasteiger partial charge in [-0.05, 0) is 18.6 Å². The van der Waals surface area contributed by atoms with E-state index < -0.39 is 21.4 Å². The number of carboxylic acid groups (broad SMARTS) is 1. The Kier molecular flexibility index (Phi) is 4.06. The van der Waals surface area contributed by atoms with Crippen molar-refractivity contribution >= 4 is 15.8 Å². The molecule has 0 atom stereocenters. The molecule has 0 saturated carbocycles. The number of carbonyl (C=O) groups is 1. The topological polar surface area (TPSA) is 93.4 Å². The van der Waals surface area contributed by atoms with Crippen LogP contribution in [-0.4, -0.2) is 36.1 Å². The molecule has 0 bridgehead atoms. The summed E-state index contributed by atoms with van der Waals surface area (Å²) < 4.78 is 23.0. The van der Waals surface area contributed by atoms with Crippen LogP contribution in [0.2, 0.25) is 0 Å². The molecule has 0 spiro atoms. The van der Waals surface area contributed by atoms with Crippen LogP contribution >= 0.6 is 0 Å². The summed E-state index contributed by atoms with van der Waals surface area (Å²) in [7, 11) is -3.07. The minimum Gasteiger partial charge on any atom is -0.477 e. The number of aryl methyl sites for hydroxylation is 1. The zero-order valence-electron chi connectivity index (χ0n) is 9.29. The minimum atomic E-state index is -3.07. The van der Waals surface area contributed by atoms with E-state index >= 15 is 0 Å². The lowest BCUT2D eigenvalue weighted by Crippen LogP contribution is -2.26. The van der Waals surface area contributed by atoms with Gasteiger partial charge in [-0.15, -0.1) is 0 Å². The quantitative estimate of drug-likeness (QED) is 0.802. The molecular weight excluding hydrogens is 246 g/mol. The Morgan fingerprint density at radius 1 is 1.47 bits per heavy atom. The van der Waals surface area contributed by atoms with Gasteiger partial charge in [-0.2, -0.15) is 0 Å². The third kappa shape index (κ3) is 4.03. The molecule has 0 aliphatic carbocycles. The molecule has 0 unspecified atom stereocenters. The van der Waals surface area contributed by atoms with Gasteiger partial charge in [0, 0.05) is 19.0 Å². The van der Waals surface area contributed by atoms with E-state index in [0.717, 1.165) is 6.26 Å². The monoisotopic (exact) mass is 259 g/mol. The molecule has 0 aliphatic heterocycles. The van der Waals surface area contributed by atoms with Crippen molar-refractivity contribution < 1.29 is 18.3 Å². The maximum atomic E-state index is 11.6. The zero-order chi connectivity index (χ0) is 13.1. The number of hydrogen-bond donors (Lipinski definition) is 1. The normalized spacial score (nSPS) is 11.4. The summed E-state index contributed by atoms with van der Waals surface area (Å²) in [5, 5.41) is 8.74. The molecule has 0 aliphatic rings. The van der Waals surface area contributed by atoms with Crippen LogP contribution in [-0.2, 0) is 16.4 Å². The molecule has 17 heavy (non-hydrogen) atoms. The van der Waals surface area contributed by atoms with E-state index in [2.05, 4.69) is 0 Å². The van der Waals surface area contributed by atoms with Crippen LogP contribution in [0.5, 0.6) is 0 Å². The Bertz CT molecular complexity index is 573. The van der Waals surface area contributed by atoms with Crippen LogP contribution in [0.4, 0.5) is 0 Å². The van der Waals surface area contributed by atoms with Gasteiger partial charge in [0.15, 0.2) is 0 Å². The molecule has 1 heterocycles. The van der Waals surface area contributed by atoms with Gasteiger partial charge >= 0.3 is 5.97 Å². The highest BCUT2D eigenvalue weighted by molar-refractivity contribution is 7.90. The first-order valence-corrected chi connectivity index (χ1v) is 6.98. The summed E-state index contributed by atoms with van der Waals surface area (Å²) in [6, 6.07) is 2.67. The highest BCUT2D eigenvalue weighted by Crippen LogP contribution is 1.96. The minimum absolute atomic E-state index is 0.0310. The Morgan fingerprint density at radius 2 is 2.12 bits per heavy atom. The number of sulfone groups is 1. The highest BCUT2D eigenvalue weighted by atomic mass is 32.2. The Morgan fingerprint density at radius 3 is 2.65 bits per heavy atom. The summed E-state index contributed by atoms with van der Waals surface area (Å²) in [6.45, 7) is 0.188. The third-order valence-corrected chi connectivity index (χ3v) is 3.19. The molecule has 6 nitrogen and oxygen atoms in total. The average molecular weight is 259 g/mol. The van der Waals surface area contributed by atoms with Gasteiger partial charge in [-0.1, -0.05) is 0 Å². The number of aromatic carboxylic acids is 1. The fourth-order valence-corrected chi connectivity index (χ4v) is 2.03. The number of carboxylic acids is 1. The van der Waals surface area contributed by atoms with Crippen molar-refractivity contribution in [2.24, 2.45) is 0 Å². The smallest absolute Gasteiger partial charge is 0.341 e. The standard InChI is InChI=1S/C10H13NO5S/c1-17(15,16)7-3-6-11-5-2-4-8(9(11)12)10(13)14/h2,4-5H,3,6-7H2,1H3,(H,13,14). The van der Waals surface area contributed by atoms with Crippen LogP contribution in [0.15, 0.2) is 23.1 Å². The zero-order valence-corrected chi connectivity index (χ0v) is 10.1. The van der Waals surface area contributed by atoms with E-state index in [1.165, 1.54) is 22.9 Å². The average Bonchev–Trinajstić information content (AvgIpc) is 2.18. The molecule has 0 fully saturated rings. The predicted molar refractivity (Wildman–Crippen MR) is 62.0 cm³/mol. The van der Waals surface area contributed by atoms with Gasteiger partial charge in [-0.3, -0.25) is 4.79 Å². The number of nitrogens with zero attached hydrogens (tertiary/aromatic N) is 1. The van der Waals surface area contributed by atoms with Gasteiger partial charge < -0.3 is 9.67 Å². The lowest BCUT2D eigenvalue weighted by Gasteiger charge is -2.05. The number of aromatic nitrogens is 1. The molecule has 0 radical (unpaired) electrons. The number of hydrogen-bond acceptors (Lipinski definition) is 4. The van der Waals surface area contributed by atoms with Crippen LogP contribution in [0.3, 0.4) is 0 Å². The van der Waals surface area contributed by atoms with E-state index in [1.807, 2.05) is 0 Å². The summed E-state index contributed by atoms with van der Waals surface area (Å²) in [4.78, 5) is 22.3. The molecule has 0 saturated heterocycles. The van der Waals surface area contributed by atoms with Crippen molar-refractivity contribution in [2.45, 2.75) is 13.0 Å². The first-order chi connectivity index (χ1) is 7.81. The second-order valence-electron chi connectivity index (χ2n) is 3.71. The largest absolute Gasteiger partial charge is 0.477 e. The van der Waals surface area contributed by atoms with Gasteiger partial charge in [0.05, 0.1) is 5.75 Å². The highest BCUT2D eigenvalue weighted by Gasteiger charge is 2.10. The van der Waals surface area contributed by atoms with E-state index in [9.17, 15) is 18.0 Å². The second-order valence-corrected chi connectivity index (χ2v) is 5.97. The molecule has 7 heteroatoms. The van der Waals surface area contributed by atoms with Gasteiger partial charge in [0.2, 0.25) is 0 Å². The van der Waals surface area contributed by atoms with E-state index in [1.54, 1.807) is 0 Å². The van der Waals surface area contributed by atoms with Crippen molar-refractivity contribution in [3.8, 4) is 0 Å². The van der Waals surface area contributed by atoms with Crippen molar-refractivity contribution in [1.82, 2.24) is 4.57 Å². The first kappa shape index (κ1) is 13.4. The fraction of sp³-hybridized carbons (Fsp3) is 0.400. The van der Waals surface area contributed by atoms with Gasteiger partial charge in [0.1, 0.15) is 15.4 Å². The summed E-state index contributed by atoms with van der Waals surface area (Å²) >= 11 is 0. The van der Waals surface area contributed by atoms with Crippen LogP contribution in [0.25, 0.3) is 0 Å². The fourth-order valence-electron chi connectivity index (χ4n) is 1.37. The summed E-state index contributed by atoms with van der Waals surface area (Å²) in [5.41, 5.74) is -0.930. The molecule has 0 amide bonds. The Hall–Kier alpha value is -1.63. The summed E-state index contributed by atoms with van der Waals surface area (Å²) in [6.07, 6.45) is 2.84. The lowest BCUT2D eigenvalue weighted by atomic mass is 10.3. The van der Waals surface area contributed by atoms with E-state index in [4.69, 9.17) is 5.11 Å². The van der Waals surface area contributed by atoms with Crippen molar-refractivity contribution in [2.75, 3.05) is 12.0 Å². The van der Waals surface area contributed by atoms with Gasteiger partial charge in [0.25, 0.3) is 5.56 Å². The van der Waals surface area contributed by atoms with E-state index in [-0.39, 0.29) is 24.3 Å². The Labute approximate surface area is 98.4 Å². The molecule has 1 aromatic rings.